The number of fused-ring (bicyclic) bond motifs is 6. The number of methoxy groups -OCH3 is 2. The molecule has 2 aliphatic heterocycles. The van der Waals surface area contributed by atoms with Crippen LogP contribution in [-0.2, 0) is 12.8 Å². The van der Waals surface area contributed by atoms with Crippen molar-refractivity contribution in [2.24, 2.45) is 0 Å². The Kier molecular flexibility index (Phi) is 14.9. The molecule has 0 saturated carbocycles. The number of benzene rings is 8. The van der Waals surface area contributed by atoms with Crippen molar-refractivity contribution in [1.29, 1.82) is 0 Å². The van der Waals surface area contributed by atoms with Gasteiger partial charge in [0.05, 0.1) is 48.7 Å². The molecule has 0 spiro atoms. The predicted molar refractivity (Wildman–Crippen MR) is 303 cm³/mol. The van der Waals surface area contributed by atoms with Crippen LogP contribution in [0.25, 0.3) is 21.8 Å². The average molecular weight is 1130 g/mol. The molecule has 10 nitrogen and oxygen atoms in total. The van der Waals surface area contributed by atoms with Gasteiger partial charge >= 0.3 is 0 Å². The third-order valence-corrected chi connectivity index (χ3v) is 15.4. The molecule has 0 N–H and O–H groups in total. The van der Waals surface area contributed by atoms with Gasteiger partial charge in [0.2, 0.25) is 0 Å². The van der Waals surface area contributed by atoms with Crippen LogP contribution in [0.2, 0.25) is 15.1 Å². The molecule has 2 aromatic heterocycles. The first-order valence-corrected chi connectivity index (χ1v) is 26.5. The van der Waals surface area contributed by atoms with Crippen LogP contribution in [0, 0.1) is 17.5 Å². The first kappa shape index (κ1) is 53.4. The molecule has 4 heterocycles. The minimum atomic E-state index is -0.664. The molecule has 0 fully saturated rings. The summed E-state index contributed by atoms with van der Waals surface area (Å²) in [6.45, 7) is 0.747. The third-order valence-electron chi connectivity index (χ3n) is 14.7. The van der Waals surface area contributed by atoms with Gasteiger partial charge in [0.15, 0.2) is 0 Å². The van der Waals surface area contributed by atoms with Crippen molar-refractivity contribution in [2.45, 2.75) is 24.9 Å². The smallest absolute Gasteiger partial charge is 0.262 e. The number of rotatable bonds is 8. The number of amides is 2. The second-order valence-corrected chi connectivity index (χ2v) is 20.5. The van der Waals surface area contributed by atoms with Gasteiger partial charge in [-0.05, 0) is 193 Å². The Morgan fingerprint density at radius 2 is 0.725 bits per heavy atom. The molecular weight excluding hydrogens is 1080 g/mol. The lowest BCUT2D eigenvalue weighted by Crippen LogP contribution is -2.42. The first-order chi connectivity index (χ1) is 38.7. The molecule has 2 unspecified atom stereocenters. The lowest BCUT2D eigenvalue weighted by atomic mass is 9.91. The zero-order chi connectivity index (χ0) is 55.9. The zero-order valence-electron chi connectivity index (χ0n) is 42.8. The van der Waals surface area contributed by atoms with E-state index in [1.807, 2.05) is 54.6 Å². The van der Waals surface area contributed by atoms with Gasteiger partial charge in [0, 0.05) is 61.2 Å². The minimum Gasteiger partial charge on any atom is -0.497 e. The fourth-order valence-corrected chi connectivity index (χ4v) is 11.4. The summed E-state index contributed by atoms with van der Waals surface area (Å²) in [6.07, 6.45) is 0.974. The molecule has 80 heavy (non-hydrogen) atoms. The van der Waals surface area contributed by atoms with Gasteiger partial charge in [-0.15, -0.1) is 0 Å². The molecule has 0 radical (unpaired) electrons. The number of halogens is 6. The van der Waals surface area contributed by atoms with Crippen molar-refractivity contribution < 1.29 is 41.8 Å². The molecule has 0 saturated heterocycles. The summed E-state index contributed by atoms with van der Waals surface area (Å²) in [5, 5.41) is 3.27. The molecule has 8 aromatic carbocycles. The van der Waals surface area contributed by atoms with Crippen molar-refractivity contribution >= 4 is 80.2 Å². The van der Waals surface area contributed by atoms with Crippen LogP contribution in [0.15, 0.2) is 182 Å². The quantitative estimate of drug-likeness (QED) is 0.150. The minimum absolute atomic E-state index is 0.250. The zero-order valence-corrected chi connectivity index (χ0v) is 45.1. The Morgan fingerprint density at radius 1 is 0.412 bits per heavy atom. The topological polar surface area (TPSA) is 103 Å². The summed E-state index contributed by atoms with van der Waals surface area (Å²) < 4.78 is 55.1. The van der Waals surface area contributed by atoms with E-state index in [-0.39, 0.29) is 23.6 Å². The van der Waals surface area contributed by atoms with E-state index >= 15 is 0 Å². The lowest BCUT2D eigenvalue weighted by Gasteiger charge is -2.37. The van der Waals surface area contributed by atoms with Crippen LogP contribution in [0.4, 0.5) is 13.2 Å². The Morgan fingerprint density at radius 3 is 1.06 bits per heavy atom. The van der Waals surface area contributed by atoms with E-state index in [2.05, 4.69) is 0 Å². The van der Waals surface area contributed by atoms with Gasteiger partial charge in [-0.1, -0.05) is 59.1 Å². The van der Waals surface area contributed by atoms with Crippen LogP contribution < -0.4 is 9.47 Å². The van der Waals surface area contributed by atoms with E-state index in [0.29, 0.717) is 97.2 Å². The standard InChI is InChI=1S/C32H23Cl2FN2O3.C32H23ClF2N2O3/c1-40-25-13-6-19(7-14-25)29-30-26(16-17-36(29)31(38)20-4-11-24(35)12-5-20)27-18-23(34)10-15-28(27)37(30)32(39)21-2-8-22(33)9-3-21;1-40-25-13-6-19(7-14-25)29-30-26(16-17-36(29)31(38)20-2-9-23(34)10-3-20)27-18-22(33)8-15-28(27)37(30)32(39)21-4-11-24(35)12-5-21/h2*2-15,18,29H,16-17H2,1H3. The lowest BCUT2D eigenvalue weighted by molar-refractivity contribution is 0.0678. The van der Waals surface area contributed by atoms with Gasteiger partial charge in [-0.3, -0.25) is 28.3 Å². The highest BCUT2D eigenvalue weighted by molar-refractivity contribution is 6.32. The number of carbonyl (C=O) groups excluding carboxylic acids is 4. The second kappa shape index (κ2) is 22.3. The summed E-state index contributed by atoms with van der Waals surface area (Å²) in [7, 11) is 3.16. The highest BCUT2D eigenvalue weighted by Gasteiger charge is 2.40. The molecule has 10 aromatic rings. The van der Waals surface area contributed by atoms with Gasteiger partial charge < -0.3 is 19.3 Å². The summed E-state index contributed by atoms with van der Waals surface area (Å²) in [5.41, 5.74) is 7.50. The van der Waals surface area contributed by atoms with Gasteiger partial charge in [-0.25, -0.2) is 13.2 Å². The Balaban J connectivity index is 0.000000169. The van der Waals surface area contributed by atoms with E-state index in [1.54, 1.807) is 87.8 Å². The highest BCUT2D eigenvalue weighted by atomic mass is 35.5. The van der Waals surface area contributed by atoms with Crippen LogP contribution >= 0.6 is 34.8 Å². The van der Waals surface area contributed by atoms with Gasteiger partial charge in [0.25, 0.3) is 23.6 Å². The molecule has 2 atom stereocenters. The molecule has 16 heteroatoms. The molecule has 0 aliphatic carbocycles. The fourth-order valence-electron chi connectivity index (χ4n) is 10.9. The maximum atomic E-state index is 14.2. The van der Waals surface area contributed by atoms with Crippen molar-refractivity contribution in [2.75, 3.05) is 27.3 Å². The van der Waals surface area contributed by atoms with Crippen molar-refractivity contribution in [1.82, 2.24) is 18.9 Å². The van der Waals surface area contributed by atoms with Crippen LogP contribution in [0.3, 0.4) is 0 Å². The molecular formula is C64H46Cl3F3N4O6. The number of aromatic nitrogens is 2. The summed E-state index contributed by atoms with van der Waals surface area (Å²) >= 11 is 18.9. The van der Waals surface area contributed by atoms with Crippen LogP contribution in [0.5, 0.6) is 11.5 Å². The predicted octanol–water partition coefficient (Wildman–Crippen LogP) is 14.6. The molecule has 400 valence electrons. The molecule has 2 aliphatic rings. The average Bonchev–Trinajstić information content (AvgIpc) is 4.14. The van der Waals surface area contributed by atoms with E-state index in [1.165, 1.54) is 72.8 Å². The van der Waals surface area contributed by atoms with Crippen LogP contribution in [-0.4, -0.2) is 69.9 Å². The molecule has 2 amide bonds. The number of hydrogen-bond acceptors (Lipinski definition) is 6. The van der Waals surface area contributed by atoms with E-state index in [0.717, 1.165) is 33.0 Å². The van der Waals surface area contributed by atoms with Crippen molar-refractivity contribution in [3.63, 3.8) is 0 Å². The molecule has 0 bridgehead atoms. The number of nitrogens with zero attached hydrogens (tertiary/aromatic N) is 4. The third kappa shape index (κ3) is 10.1. The SMILES string of the molecule is COc1ccc(C2c3c(c4cc(Cl)ccc4n3C(=O)c3ccc(Cl)cc3)CCN2C(=O)c2ccc(F)cc2)cc1.COc1ccc(C2c3c(c4cc(Cl)ccc4n3C(=O)c3ccc(F)cc3)CCN2C(=O)c2ccc(F)cc2)cc1. The van der Waals surface area contributed by atoms with Gasteiger partial charge in [-0.2, -0.15) is 0 Å². The highest BCUT2D eigenvalue weighted by Crippen LogP contribution is 2.45. The summed E-state index contributed by atoms with van der Waals surface area (Å²) in [6, 6.07) is 47.3. The largest absolute Gasteiger partial charge is 0.497 e. The van der Waals surface area contributed by atoms with Crippen molar-refractivity contribution in [3.05, 3.63) is 270 Å². The Hall–Kier alpha value is -8.62. The fraction of sp³-hybridized carbons (Fsp3) is 0.125. The van der Waals surface area contributed by atoms with E-state index < -0.39 is 29.5 Å². The maximum Gasteiger partial charge on any atom is 0.262 e. The second-order valence-electron chi connectivity index (χ2n) is 19.2. The Bertz CT molecular complexity index is 3760. The van der Waals surface area contributed by atoms with E-state index in [4.69, 9.17) is 44.3 Å². The number of ether oxygens (including phenoxy) is 2. The van der Waals surface area contributed by atoms with Crippen molar-refractivity contribution in [3.8, 4) is 11.5 Å². The first-order valence-electron chi connectivity index (χ1n) is 25.4. The normalized spacial score (nSPS) is 14.7. The Labute approximate surface area is 472 Å². The van der Waals surface area contributed by atoms with Gasteiger partial charge in [0.1, 0.15) is 29.0 Å². The molecule has 12 rings (SSSR count). The maximum absolute atomic E-state index is 14.2. The number of hydrogen-bond donors (Lipinski definition) is 0. The summed E-state index contributed by atoms with van der Waals surface area (Å²) in [4.78, 5) is 59.5. The summed E-state index contributed by atoms with van der Waals surface area (Å²) in [5.74, 6) is -1.17. The monoisotopic (exact) mass is 1130 g/mol. The van der Waals surface area contributed by atoms with E-state index in [9.17, 15) is 32.3 Å². The number of carbonyl (C=O) groups is 4. The van der Waals surface area contributed by atoms with Crippen LogP contribution in [0.1, 0.15) is 87.2 Å².